The van der Waals surface area contributed by atoms with Crippen molar-refractivity contribution in [3.05, 3.63) is 54.9 Å². The molecule has 8 heteroatoms. The number of hydrogen-bond acceptors (Lipinski definition) is 6. The molecule has 2 heterocycles. The van der Waals surface area contributed by atoms with Crippen molar-refractivity contribution >= 4 is 22.3 Å². The van der Waals surface area contributed by atoms with Crippen LogP contribution >= 0.6 is 0 Å². The second-order valence-corrected chi connectivity index (χ2v) is 5.29. The fourth-order valence-electron chi connectivity index (χ4n) is 2.08. The molecule has 3 rings (SSSR count). The molecule has 0 amide bonds. The summed E-state index contributed by atoms with van der Waals surface area (Å²) in [6.07, 6.45) is 4.02. The molecule has 23 heavy (non-hydrogen) atoms. The maximum Gasteiger partial charge on any atom is 0.308 e. The Morgan fingerprint density at radius 1 is 1.09 bits per heavy atom. The van der Waals surface area contributed by atoms with Crippen LogP contribution in [0.15, 0.2) is 54.9 Å². The second kappa shape index (κ2) is 6.86. The highest BCUT2D eigenvalue weighted by Crippen LogP contribution is 2.25. The quantitative estimate of drug-likeness (QED) is 0.214. The summed E-state index contributed by atoms with van der Waals surface area (Å²) in [7, 11) is -4.94. The number of esters is 1. The highest BCUT2D eigenvalue weighted by atomic mass is 35.7. The molecule has 2 aromatic heterocycles. The third-order valence-electron chi connectivity index (χ3n) is 2.85. The van der Waals surface area contributed by atoms with Crippen LogP contribution in [0.2, 0.25) is 0 Å². The van der Waals surface area contributed by atoms with Crippen LogP contribution in [0, 0.1) is 10.2 Å². The van der Waals surface area contributed by atoms with E-state index in [0.717, 1.165) is 16.3 Å². The SMILES string of the molecule is CC(=O)Oc1cccc2c[n+]3ccccc3cc12.[O-][Cl+3]([O-])([O-])[O-]. The topological polar surface area (TPSA) is 123 Å². The third-order valence-corrected chi connectivity index (χ3v) is 2.85. The van der Waals surface area contributed by atoms with Gasteiger partial charge in [-0.2, -0.15) is 4.40 Å². The van der Waals surface area contributed by atoms with Crippen molar-refractivity contribution in [2.24, 2.45) is 0 Å². The van der Waals surface area contributed by atoms with Gasteiger partial charge in [0, 0.05) is 35.9 Å². The van der Waals surface area contributed by atoms with Crippen LogP contribution in [0.3, 0.4) is 0 Å². The normalized spacial score (nSPS) is 11.0. The molecule has 120 valence electrons. The van der Waals surface area contributed by atoms with Crippen molar-refractivity contribution in [3.63, 3.8) is 0 Å². The van der Waals surface area contributed by atoms with Gasteiger partial charge in [-0.05, 0) is 18.2 Å². The number of ether oxygens (including phenoxy) is 1. The van der Waals surface area contributed by atoms with Crippen LogP contribution in [-0.2, 0) is 4.79 Å². The fourth-order valence-corrected chi connectivity index (χ4v) is 2.08. The number of nitrogens with zero attached hydrogens (tertiary/aromatic N) is 1. The first-order valence-electron chi connectivity index (χ1n) is 6.37. The third kappa shape index (κ3) is 5.13. The zero-order valence-corrected chi connectivity index (χ0v) is 12.7. The number of carbonyl (C=O) groups excluding carboxylic acids is 1. The van der Waals surface area contributed by atoms with Crippen LogP contribution in [0.5, 0.6) is 5.75 Å². The molecule has 0 saturated heterocycles. The van der Waals surface area contributed by atoms with Crippen molar-refractivity contribution in [2.45, 2.75) is 6.92 Å². The van der Waals surface area contributed by atoms with Crippen LogP contribution < -0.4 is 27.8 Å². The van der Waals surface area contributed by atoms with Crippen LogP contribution in [-0.4, -0.2) is 5.97 Å². The van der Waals surface area contributed by atoms with Gasteiger partial charge in [0.15, 0.2) is 12.4 Å². The molecule has 0 saturated carbocycles. The maximum atomic E-state index is 11.1. The van der Waals surface area contributed by atoms with Gasteiger partial charge < -0.3 is 4.74 Å². The first-order chi connectivity index (χ1) is 10.7. The number of pyridine rings is 2. The van der Waals surface area contributed by atoms with Crippen LogP contribution in [0.1, 0.15) is 6.92 Å². The Kier molecular flexibility index (Phi) is 5.09. The van der Waals surface area contributed by atoms with Crippen molar-refractivity contribution in [1.29, 1.82) is 0 Å². The molecule has 0 spiro atoms. The van der Waals surface area contributed by atoms with Crippen LogP contribution in [0.4, 0.5) is 0 Å². The molecule has 0 atom stereocenters. The molecule has 1 aromatic carbocycles. The minimum absolute atomic E-state index is 0.302. The van der Waals surface area contributed by atoms with Gasteiger partial charge >= 0.3 is 5.97 Å². The van der Waals surface area contributed by atoms with Gasteiger partial charge in [0.05, 0.1) is 0 Å². The summed E-state index contributed by atoms with van der Waals surface area (Å²) in [5.74, 6) is 0.301. The standard InChI is InChI=1S/C15H12NO2.ClHO4/c1-11(17)18-15-7-4-5-12-10-16-8-3-2-6-13(16)9-14(12)15;2-1(3,4)5/h2-10H,1H3;(H,2,3,4,5)/q+1;/p-1. The molecule has 0 N–H and O–H groups in total. The molecule has 0 radical (unpaired) electrons. The predicted molar refractivity (Wildman–Crippen MR) is 68.4 cm³/mol. The Labute approximate surface area is 133 Å². The fraction of sp³-hybridized carbons (Fsp3) is 0.0667. The van der Waals surface area contributed by atoms with Gasteiger partial charge in [-0.3, -0.25) is 4.79 Å². The Morgan fingerprint density at radius 3 is 2.43 bits per heavy atom. The highest BCUT2D eigenvalue weighted by Gasteiger charge is 2.09. The zero-order chi connectivity index (χ0) is 17.0. The van der Waals surface area contributed by atoms with E-state index in [0.29, 0.717) is 5.75 Å². The Balaban J connectivity index is 0.000000338. The number of hydrogen-bond donors (Lipinski definition) is 0. The summed E-state index contributed by atoms with van der Waals surface area (Å²) in [5, 5.41) is 1.98. The van der Waals surface area contributed by atoms with E-state index in [4.69, 9.17) is 23.4 Å². The maximum absolute atomic E-state index is 11.1. The highest BCUT2D eigenvalue weighted by molar-refractivity contribution is 5.91. The number of rotatable bonds is 1. The van der Waals surface area contributed by atoms with Gasteiger partial charge in [-0.15, -0.1) is 10.2 Å². The van der Waals surface area contributed by atoms with Gasteiger partial charge in [-0.1, -0.05) is 6.07 Å². The summed E-state index contributed by atoms with van der Waals surface area (Å²) < 4.78 is 41.2. The largest absolute Gasteiger partial charge is 0.426 e. The molecular formula is C15H12ClNO6. The number of halogens is 1. The molecule has 0 aliphatic heterocycles. The van der Waals surface area contributed by atoms with Gasteiger partial charge in [0.25, 0.3) is 0 Å². The van der Waals surface area contributed by atoms with Crippen LogP contribution in [0.25, 0.3) is 16.3 Å². The molecule has 0 aliphatic rings. The Hall–Kier alpha value is -2.29. The molecule has 0 unspecified atom stereocenters. The lowest BCUT2D eigenvalue weighted by molar-refractivity contribution is -2.00. The minimum atomic E-state index is -4.94. The average molecular weight is 338 g/mol. The van der Waals surface area contributed by atoms with E-state index in [-0.39, 0.29) is 5.97 Å². The van der Waals surface area contributed by atoms with E-state index in [9.17, 15) is 4.79 Å². The summed E-state index contributed by atoms with van der Waals surface area (Å²) >= 11 is 0. The summed E-state index contributed by atoms with van der Waals surface area (Å²) in [6.45, 7) is 1.41. The Bertz CT molecular complexity index is 840. The van der Waals surface area contributed by atoms with E-state index < -0.39 is 10.2 Å². The van der Waals surface area contributed by atoms with Crippen molar-refractivity contribution < 1.29 is 42.8 Å². The minimum Gasteiger partial charge on any atom is -0.426 e. The number of benzene rings is 1. The second-order valence-electron chi connectivity index (χ2n) is 4.54. The number of fused-ring (bicyclic) bond motifs is 2. The lowest BCUT2D eigenvalue weighted by atomic mass is 10.1. The summed E-state index contributed by atoms with van der Waals surface area (Å²) in [6, 6.07) is 13.7. The summed E-state index contributed by atoms with van der Waals surface area (Å²) in [4.78, 5) is 11.1. The lowest BCUT2D eigenvalue weighted by Crippen LogP contribution is -2.68. The van der Waals surface area contributed by atoms with Gasteiger partial charge in [0.1, 0.15) is 5.75 Å². The molecule has 0 aliphatic carbocycles. The molecule has 7 nitrogen and oxygen atoms in total. The molecule has 0 bridgehead atoms. The average Bonchev–Trinajstić information content (AvgIpc) is 2.43. The number of aromatic nitrogens is 1. The van der Waals surface area contributed by atoms with E-state index >= 15 is 0 Å². The van der Waals surface area contributed by atoms with Crippen molar-refractivity contribution in [3.8, 4) is 5.75 Å². The summed E-state index contributed by atoms with van der Waals surface area (Å²) in [5.41, 5.74) is 1.06. The molecular weight excluding hydrogens is 326 g/mol. The lowest BCUT2D eigenvalue weighted by Gasteiger charge is -2.17. The molecule has 3 aromatic rings. The van der Waals surface area contributed by atoms with E-state index in [1.54, 1.807) is 0 Å². The number of carbonyl (C=O) groups is 1. The zero-order valence-electron chi connectivity index (χ0n) is 12.0. The van der Waals surface area contributed by atoms with E-state index in [1.807, 2.05) is 59.3 Å². The van der Waals surface area contributed by atoms with Gasteiger partial charge in [-0.25, -0.2) is 18.6 Å². The first kappa shape index (κ1) is 17.1. The van der Waals surface area contributed by atoms with Crippen molar-refractivity contribution in [1.82, 2.24) is 0 Å². The predicted octanol–water partition coefficient (Wildman–Crippen LogP) is -2.25. The van der Waals surface area contributed by atoms with E-state index in [2.05, 4.69) is 0 Å². The van der Waals surface area contributed by atoms with Gasteiger partial charge in [0.2, 0.25) is 5.52 Å². The monoisotopic (exact) mass is 337 g/mol. The molecule has 0 fully saturated rings. The Morgan fingerprint density at radius 2 is 1.78 bits per heavy atom. The first-order valence-corrected chi connectivity index (χ1v) is 7.60. The smallest absolute Gasteiger partial charge is 0.308 e. The van der Waals surface area contributed by atoms with Crippen molar-refractivity contribution in [2.75, 3.05) is 0 Å². The van der Waals surface area contributed by atoms with E-state index in [1.165, 1.54) is 6.92 Å².